The summed E-state index contributed by atoms with van der Waals surface area (Å²) in [6, 6.07) is 15.2. The van der Waals surface area contributed by atoms with Crippen molar-refractivity contribution in [1.82, 2.24) is 5.32 Å². The van der Waals surface area contributed by atoms with Crippen molar-refractivity contribution in [2.75, 3.05) is 5.32 Å². The second-order valence-electron chi connectivity index (χ2n) is 7.51. The monoisotopic (exact) mass is 340 g/mol. The third kappa shape index (κ3) is 4.81. The van der Waals surface area contributed by atoms with E-state index >= 15 is 0 Å². The Bertz CT molecular complexity index is 712. The van der Waals surface area contributed by atoms with Crippen LogP contribution in [0.2, 0.25) is 0 Å². The molecule has 0 radical (unpaired) electrons. The van der Waals surface area contributed by atoms with Crippen LogP contribution in [0.4, 0.5) is 5.69 Å². The Labute approximate surface area is 151 Å². The normalized spacial score (nSPS) is 12.6. The summed E-state index contributed by atoms with van der Waals surface area (Å²) in [5.74, 6) is 0. The van der Waals surface area contributed by atoms with Gasteiger partial charge in [-0.25, -0.2) is 0 Å². The van der Waals surface area contributed by atoms with Gasteiger partial charge in [-0.15, -0.1) is 0 Å². The molecule has 2 N–H and O–H groups in total. The molecule has 0 aliphatic rings. The van der Waals surface area contributed by atoms with E-state index in [4.69, 9.17) is 12.2 Å². The highest BCUT2D eigenvalue weighted by atomic mass is 32.1. The lowest BCUT2D eigenvalue weighted by Crippen LogP contribution is -2.31. The van der Waals surface area contributed by atoms with Crippen molar-refractivity contribution in [2.24, 2.45) is 0 Å². The molecule has 0 saturated heterocycles. The van der Waals surface area contributed by atoms with Gasteiger partial charge in [-0.1, -0.05) is 62.7 Å². The van der Waals surface area contributed by atoms with Crippen LogP contribution in [-0.4, -0.2) is 5.11 Å². The van der Waals surface area contributed by atoms with E-state index in [9.17, 15) is 0 Å². The first kappa shape index (κ1) is 18.5. The van der Waals surface area contributed by atoms with Crippen LogP contribution in [0.3, 0.4) is 0 Å². The van der Waals surface area contributed by atoms with Crippen LogP contribution in [0.5, 0.6) is 0 Å². The Hall–Kier alpha value is -1.87. The minimum Gasteiger partial charge on any atom is -0.356 e. The number of nitrogens with one attached hydrogen (secondary N) is 2. The third-order valence-electron chi connectivity index (χ3n) is 4.25. The molecule has 0 amide bonds. The van der Waals surface area contributed by atoms with Crippen LogP contribution < -0.4 is 10.6 Å². The van der Waals surface area contributed by atoms with Crippen molar-refractivity contribution in [2.45, 2.75) is 53.0 Å². The van der Waals surface area contributed by atoms with Gasteiger partial charge in [0.05, 0.1) is 6.04 Å². The molecule has 0 aliphatic heterocycles. The van der Waals surface area contributed by atoms with E-state index in [0.29, 0.717) is 5.11 Å². The molecule has 24 heavy (non-hydrogen) atoms. The molecule has 0 saturated carbocycles. The van der Waals surface area contributed by atoms with Crippen molar-refractivity contribution in [1.29, 1.82) is 0 Å². The van der Waals surface area contributed by atoms with Crippen LogP contribution in [0.25, 0.3) is 0 Å². The maximum atomic E-state index is 5.47. The molecule has 0 fully saturated rings. The lowest BCUT2D eigenvalue weighted by molar-refractivity contribution is 0.589. The van der Waals surface area contributed by atoms with E-state index in [1.807, 2.05) is 0 Å². The largest absolute Gasteiger partial charge is 0.356 e. The Morgan fingerprint density at radius 2 is 1.62 bits per heavy atom. The molecule has 0 unspecified atom stereocenters. The molecule has 0 aliphatic carbocycles. The maximum Gasteiger partial charge on any atom is 0.171 e. The van der Waals surface area contributed by atoms with Gasteiger partial charge in [0.25, 0.3) is 0 Å². The number of hydrogen-bond acceptors (Lipinski definition) is 1. The molecule has 0 spiro atoms. The van der Waals surface area contributed by atoms with Gasteiger partial charge in [-0.2, -0.15) is 0 Å². The van der Waals surface area contributed by atoms with Crippen LogP contribution in [0, 0.1) is 13.8 Å². The summed E-state index contributed by atoms with van der Waals surface area (Å²) in [5, 5.41) is 7.31. The molecule has 2 aromatic rings. The Kier molecular flexibility index (Phi) is 5.66. The van der Waals surface area contributed by atoms with Gasteiger partial charge in [-0.3, -0.25) is 0 Å². The SMILES string of the molecule is Cc1ccc(NC(=S)N[C@@H](C)c2ccc(C(C)(C)C)cc2)c(C)c1. The zero-order valence-electron chi connectivity index (χ0n) is 15.5. The van der Waals surface area contributed by atoms with Gasteiger partial charge in [0.1, 0.15) is 0 Å². The summed E-state index contributed by atoms with van der Waals surface area (Å²) in [6.45, 7) is 13.0. The van der Waals surface area contributed by atoms with Crippen molar-refractivity contribution in [3.05, 3.63) is 64.7 Å². The standard InChI is InChI=1S/C21H28N2S/c1-14-7-12-19(15(2)13-14)23-20(24)22-16(3)17-8-10-18(11-9-17)21(4,5)6/h7-13,16H,1-6H3,(H2,22,23,24)/t16-/m0/s1. The fourth-order valence-corrected chi connectivity index (χ4v) is 2.95. The predicted octanol–water partition coefficient (Wildman–Crippen LogP) is 5.65. The minimum absolute atomic E-state index is 0.157. The average Bonchev–Trinajstić information content (AvgIpc) is 2.49. The fourth-order valence-electron chi connectivity index (χ4n) is 2.66. The topological polar surface area (TPSA) is 24.1 Å². The van der Waals surface area contributed by atoms with Gasteiger partial charge >= 0.3 is 0 Å². The quantitative estimate of drug-likeness (QED) is 0.706. The summed E-state index contributed by atoms with van der Waals surface area (Å²) in [4.78, 5) is 0. The van der Waals surface area contributed by atoms with Crippen molar-refractivity contribution >= 4 is 23.0 Å². The molecule has 0 heterocycles. The molecular weight excluding hydrogens is 312 g/mol. The van der Waals surface area contributed by atoms with Gasteiger partial charge in [-0.05, 0) is 61.2 Å². The maximum absolute atomic E-state index is 5.47. The van der Waals surface area contributed by atoms with Crippen LogP contribution in [0.15, 0.2) is 42.5 Å². The zero-order chi connectivity index (χ0) is 17.9. The van der Waals surface area contributed by atoms with E-state index in [2.05, 4.69) is 94.6 Å². The highest BCUT2D eigenvalue weighted by Crippen LogP contribution is 2.24. The molecule has 0 bridgehead atoms. The predicted molar refractivity (Wildman–Crippen MR) is 109 cm³/mol. The number of anilines is 1. The number of benzene rings is 2. The Morgan fingerprint density at radius 1 is 1.00 bits per heavy atom. The van der Waals surface area contributed by atoms with Crippen molar-refractivity contribution < 1.29 is 0 Å². The molecule has 1 atom stereocenters. The molecule has 2 nitrogen and oxygen atoms in total. The van der Waals surface area contributed by atoms with E-state index in [0.717, 1.165) is 5.69 Å². The Balaban J connectivity index is 2.01. The number of aryl methyl sites for hydroxylation is 2. The Morgan fingerprint density at radius 3 is 2.17 bits per heavy atom. The van der Waals surface area contributed by atoms with Crippen molar-refractivity contribution in [3.8, 4) is 0 Å². The molecule has 0 aromatic heterocycles. The summed E-state index contributed by atoms with van der Waals surface area (Å²) >= 11 is 5.47. The first-order chi connectivity index (χ1) is 11.2. The van der Waals surface area contributed by atoms with Crippen LogP contribution in [0.1, 0.15) is 56.0 Å². The van der Waals surface area contributed by atoms with Gasteiger partial charge < -0.3 is 10.6 Å². The number of rotatable bonds is 3. The van der Waals surface area contributed by atoms with Gasteiger partial charge in [0, 0.05) is 5.69 Å². The summed E-state index contributed by atoms with van der Waals surface area (Å²) < 4.78 is 0. The molecule has 3 heteroatoms. The average molecular weight is 341 g/mol. The minimum atomic E-state index is 0.157. The molecular formula is C21H28N2S. The van der Waals surface area contributed by atoms with Crippen LogP contribution >= 0.6 is 12.2 Å². The summed E-state index contributed by atoms with van der Waals surface area (Å²) in [6.07, 6.45) is 0. The molecule has 2 rings (SSSR count). The van der Waals surface area contributed by atoms with E-state index < -0.39 is 0 Å². The first-order valence-electron chi connectivity index (χ1n) is 8.42. The zero-order valence-corrected chi connectivity index (χ0v) is 16.3. The lowest BCUT2D eigenvalue weighted by atomic mass is 9.86. The second kappa shape index (κ2) is 7.35. The fraction of sp³-hybridized carbons (Fsp3) is 0.381. The third-order valence-corrected chi connectivity index (χ3v) is 4.47. The number of thiocarbonyl (C=S) groups is 1. The van der Waals surface area contributed by atoms with Gasteiger partial charge in [0.15, 0.2) is 5.11 Å². The van der Waals surface area contributed by atoms with Crippen molar-refractivity contribution in [3.63, 3.8) is 0 Å². The smallest absolute Gasteiger partial charge is 0.171 e. The van der Waals surface area contributed by atoms with Crippen LogP contribution in [-0.2, 0) is 5.41 Å². The van der Waals surface area contributed by atoms with Gasteiger partial charge in [0.2, 0.25) is 0 Å². The molecule has 2 aromatic carbocycles. The lowest BCUT2D eigenvalue weighted by Gasteiger charge is -2.21. The first-order valence-corrected chi connectivity index (χ1v) is 8.83. The second-order valence-corrected chi connectivity index (χ2v) is 7.92. The van der Waals surface area contributed by atoms with E-state index in [-0.39, 0.29) is 11.5 Å². The molecule has 128 valence electrons. The summed E-state index contributed by atoms with van der Waals surface area (Å²) in [5.41, 5.74) is 6.25. The highest BCUT2D eigenvalue weighted by Gasteiger charge is 2.14. The van der Waals surface area contributed by atoms with E-state index in [1.54, 1.807) is 0 Å². The highest BCUT2D eigenvalue weighted by molar-refractivity contribution is 7.80. The van der Waals surface area contributed by atoms with E-state index in [1.165, 1.54) is 22.3 Å². The number of hydrogen-bond donors (Lipinski definition) is 2. The summed E-state index contributed by atoms with van der Waals surface area (Å²) in [7, 11) is 0.